The molecule has 2 bridgehead atoms. The number of halogens is 2. The Kier molecular flexibility index (Phi) is 5.12. The second-order valence-electron chi connectivity index (χ2n) is 6.47. The van der Waals surface area contributed by atoms with Crippen LogP contribution < -0.4 is 5.32 Å². The molecular formula is C17H19Cl2NO3. The van der Waals surface area contributed by atoms with E-state index in [1.54, 1.807) is 18.2 Å². The number of carbonyl (C=O) groups excluding carboxylic acids is 2. The molecule has 2 fully saturated rings. The Bertz CT molecular complexity index is 620. The molecule has 0 spiro atoms. The van der Waals surface area contributed by atoms with Crippen molar-refractivity contribution in [2.45, 2.75) is 32.1 Å². The Hall–Kier alpha value is -1.26. The van der Waals surface area contributed by atoms with Gasteiger partial charge in [0.2, 0.25) is 0 Å². The van der Waals surface area contributed by atoms with E-state index in [0.717, 1.165) is 12.3 Å². The van der Waals surface area contributed by atoms with E-state index < -0.39 is 5.91 Å². The average Bonchev–Trinajstić information content (AvgIpc) is 3.11. The number of amides is 1. The quantitative estimate of drug-likeness (QED) is 0.801. The van der Waals surface area contributed by atoms with Crippen molar-refractivity contribution in [2.24, 2.45) is 17.8 Å². The summed E-state index contributed by atoms with van der Waals surface area (Å²) >= 11 is 11.8. The maximum Gasteiger partial charge on any atom is 0.306 e. The van der Waals surface area contributed by atoms with Crippen LogP contribution in [0.3, 0.4) is 0 Å². The monoisotopic (exact) mass is 355 g/mol. The van der Waals surface area contributed by atoms with E-state index in [9.17, 15) is 9.59 Å². The Balaban J connectivity index is 1.42. The van der Waals surface area contributed by atoms with Crippen molar-refractivity contribution in [3.05, 3.63) is 28.2 Å². The molecule has 0 radical (unpaired) electrons. The zero-order chi connectivity index (χ0) is 16.4. The number of benzene rings is 1. The van der Waals surface area contributed by atoms with Crippen LogP contribution in [0.4, 0.5) is 5.69 Å². The van der Waals surface area contributed by atoms with E-state index >= 15 is 0 Å². The fourth-order valence-corrected chi connectivity index (χ4v) is 4.28. The van der Waals surface area contributed by atoms with Crippen LogP contribution in [0.1, 0.15) is 32.1 Å². The minimum atomic E-state index is -0.407. The molecule has 1 amide bonds. The number of rotatable bonds is 5. The second-order valence-corrected chi connectivity index (χ2v) is 7.32. The normalized spacial score (nSPS) is 25.4. The van der Waals surface area contributed by atoms with E-state index in [1.165, 1.54) is 19.3 Å². The third kappa shape index (κ3) is 4.18. The smallest absolute Gasteiger partial charge is 0.306 e. The number of hydrogen-bond donors (Lipinski definition) is 1. The molecule has 2 saturated carbocycles. The SMILES string of the molecule is O=C(COC(=O)C[C@@H]1C[C@H]2CC[C@@H]1C2)Nc1ccc(Cl)cc1Cl. The maximum absolute atomic E-state index is 11.9. The lowest BCUT2D eigenvalue weighted by Gasteiger charge is -2.20. The minimum Gasteiger partial charge on any atom is -0.456 e. The minimum absolute atomic E-state index is 0.292. The fourth-order valence-electron chi connectivity index (χ4n) is 3.82. The van der Waals surface area contributed by atoms with Gasteiger partial charge in [-0.25, -0.2) is 0 Å². The van der Waals surface area contributed by atoms with Crippen LogP contribution in [-0.4, -0.2) is 18.5 Å². The van der Waals surface area contributed by atoms with Gasteiger partial charge in [-0.2, -0.15) is 0 Å². The first-order valence-corrected chi connectivity index (χ1v) is 8.67. The molecule has 0 aliphatic heterocycles. The molecule has 23 heavy (non-hydrogen) atoms. The van der Waals surface area contributed by atoms with Crippen molar-refractivity contribution in [3.63, 3.8) is 0 Å². The highest BCUT2D eigenvalue weighted by atomic mass is 35.5. The van der Waals surface area contributed by atoms with E-state index in [2.05, 4.69) is 5.32 Å². The standard InChI is InChI=1S/C17H19Cl2NO3/c18-13-3-4-15(14(19)8-13)20-16(21)9-23-17(22)7-12-6-10-1-2-11(12)5-10/h3-4,8,10-12H,1-2,5-7,9H2,(H,20,21)/t10-,11+,12-/m0/s1. The van der Waals surface area contributed by atoms with Gasteiger partial charge in [0.25, 0.3) is 5.91 Å². The molecule has 2 aliphatic carbocycles. The summed E-state index contributed by atoms with van der Waals surface area (Å²) in [7, 11) is 0. The van der Waals surface area contributed by atoms with Crippen molar-refractivity contribution in [3.8, 4) is 0 Å². The van der Waals surface area contributed by atoms with E-state index in [-0.39, 0.29) is 12.6 Å². The number of carbonyl (C=O) groups is 2. The van der Waals surface area contributed by atoms with E-state index in [4.69, 9.17) is 27.9 Å². The van der Waals surface area contributed by atoms with Gasteiger partial charge < -0.3 is 10.1 Å². The molecule has 0 heterocycles. The highest BCUT2D eigenvalue weighted by molar-refractivity contribution is 6.36. The van der Waals surface area contributed by atoms with Crippen LogP contribution in [0.5, 0.6) is 0 Å². The number of nitrogens with one attached hydrogen (secondary N) is 1. The predicted octanol–water partition coefficient (Wildman–Crippen LogP) is 4.30. The van der Waals surface area contributed by atoms with Crippen LogP contribution in [0.15, 0.2) is 18.2 Å². The summed E-state index contributed by atoms with van der Waals surface area (Å²) in [5.74, 6) is 1.22. The third-order valence-electron chi connectivity index (χ3n) is 4.88. The number of esters is 1. The summed E-state index contributed by atoms with van der Waals surface area (Å²) in [4.78, 5) is 23.7. The topological polar surface area (TPSA) is 55.4 Å². The van der Waals surface area contributed by atoms with Gasteiger partial charge >= 0.3 is 5.97 Å². The highest BCUT2D eigenvalue weighted by Crippen LogP contribution is 2.49. The molecule has 0 aromatic heterocycles. The van der Waals surface area contributed by atoms with Gasteiger partial charge in [0.1, 0.15) is 0 Å². The van der Waals surface area contributed by atoms with Gasteiger partial charge in [-0.15, -0.1) is 0 Å². The number of fused-ring (bicyclic) bond motifs is 2. The molecule has 3 atom stereocenters. The average molecular weight is 356 g/mol. The molecule has 3 rings (SSSR count). The molecule has 4 nitrogen and oxygen atoms in total. The van der Waals surface area contributed by atoms with Gasteiger partial charge in [0.15, 0.2) is 6.61 Å². The second kappa shape index (κ2) is 7.10. The summed E-state index contributed by atoms with van der Waals surface area (Å²) in [6.45, 7) is -0.293. The molecule has 0 saturated heterocycles. The molecule has 0 unspecified atom stereocenters. The summed E-state index contributed by atoms with van der Waals surface area (Å²) in [6, 6.07) is 4.78. The Labute approximate surface area is 145 Å². The highest BCUT2D eigenvalue weighted by Gasteiger charge is 2.40. The Morgan fingerprint density at radius 1 is 1.22 bits per heavy atom. The Morgan fingerprint density at radius 2 is 2.04 bits per heavy atom. The zero-order valence-electron chi connectivity index (χ0n) is 12.7. The van der Waals surface area contributed by atoms with E-state index in [1.807, 2.05) is 0 Å². The van der Waals surface area contributed by atoms with Gasteiger partial charge in [-0.3, -0.25) is 9.59 Å². The molecule has 2 aliphatic rings. The van der Waals surface area contributed by atoms with Crippen molar-refractivity contribution < 1.29 is 14.3 Å². The number of ether oxygens (including phenoxy) is 1. The first-order chi connectivity index (χ1) is 11.0. The number of anilines is 1. The molecule has 1 N–H and O–H groups in total. The first-order valence-electron chi connectivity index (χ1n) is 7.92. The van der Waals surface area contributed by atoms with Gasteiger partial charge in [-0.1, -0.05) is 29.6 Å². The fraction of sp³-hybridized carbons (Fsp3) is 0.529. The van der Waals surface area contributed by atoms with Crippen LogP contribution in [-0.2, 0) is 14.3 Å². The zero-order valence-corrected chi connectivity index (χ0v) is 14.2. The van der Waals surface area contributed by atoms with Crippen LogP contribution in [0, 0.1) is 17.8 Å². The van der Waals surface area contributed by atoms with E-state index in [0.29, 0.717) is 34.0 Å². The van der Waals surface area contributed by atoms with Crippen LogP contribution in [0.2, 0.25) is 10.0 Å². The molecule has 124 valence electrons. The predicted molar refractivity (Wildman–Crippen MR) is 89.6 cm³/mol. The lowest BCUT2D eigenvalue weighted by atomic mass is 9.86. The van der Waals surface area contributed by atoms with Crippen molar-refractivity contribution in [1.82, 2.24) is 0 Å². The van der Waals surface area contributed by atoms with Crippen LogP contribution in [0.25, 0.3) is 0 Å². The van der Waals surface area contributed by atoms with Crippen molar-refractivity contribution in [1.29, 1.82) is 0 Å². The lowest BCUT2D eigenvalue weighted by molar-refractivity contribution is -0.148. The number of hydrogen-bond acceptors (Lipinski definition) is 3. The largest absolute Gasteiger partial charge is 0.456 e. The summed E-state index contributed by atoms with van der Waals surface area (Å²) in [5.41, 5.74) is 0.449. The lowest BCUT2D eigenvalue weighted by Crippen LogP contribution is -2.23. The summed E-state index contributed by atoms with van der Waals surface area (Å²) < 4.78 is 5.09. The Morgan fingerprint density at radius 3 is 2.70 bits per heavy atom. The van der Waals surface area contributed by atoms with Gasteiger partial charge in [0.05, 0.1) is 10.7 Å². The molecular weight excluding hydrogens is 337 g/mol. The molecule has 1 aromatic carbocycles. The first kappa shape index (κ1) is 16.6. The van der Waals surface area contributed by atoms with Crippen molar-refractivity contribution >= 4 is 40.8 Å². The molecule has 1 aromatic rings. The van der Waals surface area contributed by atoms with Crippen molar-refractivity contribution in [2.75, 3.05) is 11.9 Å². The van der Waals surface area contributed by atoms with Gasteiger partial charge in [-0.05, 0) is 55.2 Å². The third-order valence-corrected chi connectivity index (χ3v) is 5.43. The summed E-state index contributed by atoms with van der Waals surface area (Å²) in [6.07, 6.45) is 5.36. The summed E-state index contributed by atoms with van der Waals surface area (Å²) in [5, 5.41) is 3.44. The van der Waals surface area contributed by atoms with Crippen LogP contribution >= 0.6 is 23.2 Å². The van der Waals surface area contributed by atoms with Gasteiger partial charge in [0, 0.05) is 11.4 Å². The maximum atomic E-state index is 11.9. The molecule has 6 heteroatoms.